The van der Waals surface area contributed by atoms with Crippen molar-refractivity contribution < 1.29 is 27.1 Å². The van der Waals surface area contributed by atoms with E-state index in [1.54, 1.807) is 6.92 Å². The summed E-state index contributed by atoms with van der Waals surface area (Å²) in [6.07, 6.45) is -3.72. The first-order valence-corrected chi connectivity index (χ1v) is 7.67. The zero-order chi connectivity index (χ0) is 18.9. The minimum Gasteiger partial charge on any atom is -0.462 e. The van der Waals surface area contributed by atoms with Gasteiger partial charge in [-0.05, 0) is 25.0 Å². The number of halogens is 4. The molecule has 0 atom stereocenters. The molecule has 0 spiro atoms. The van der Waals surface area contributed by atoms with Crippen molar-refractivity contribution in [3.63, 3.8) is 0 Å². The number of pyridine rings is 1. The zero-order valence-corrected chi connectivity index (χ0v) is 13.9. The van der Waals surface area contributed by atoms with Gasteiger partial charge in [-0.1, -0.05) is 13.8 Å². The Balaban J connectivity index is 2.85. The minimum absolute atomic E-state index is 0.0140. The summed E-state index contributed by atoms with van der Waals surface area (Å²) in [5.74, 6) is -2.44. The second-order valence-corrected chi connectivity index (χ2v) is 5.99. The molecule has 1 aromatic carbocycles. The van der Waals surface area contributed by atoms with Gasteiger partial charge in [0.05, 0.1) is 17.7 Å². The van der Waals surface area contributed by atoms with Crippen molar-refractivity contribution in [1.29, 1.82) is 0 Å². The molecular formula is C17H17F4NO3. The van der Waals surface area contributed by atoms with Crippen LogP contribution < -0.4 is 5.43 Å². The molecule has 0 bridgehead atoms. The lowest BCUT2D eigenvalue weighted by Crippen LogP contribution is -2.22. The van der Waals surface area contributed by atoms with Crippen molar-refractivity contribution in [3.05, 3.63) is 45.5 Å². The van der Waals surface area contributed by atoms with Crippen molar-refractivity contribution in [3.8, 4) is 0 Å². The zero-order valence-electron chi connectivity index (χ0n) is 13.9. The largest absolute Gasteiger partial charge is 0.462 e. The maximum Gasteiger partial charge on any atom is 0.419 e. The number of carbonyl (C=O) groups is 1. The van der Waals surface area contributed by atoms with Gasteiger partial charge in [-0.25, -0.2) is 9.18 Å². The summed E-state index contributed by atoms with van der Waals surface area (Å²) in [5, 5.41) is -0.295. The fraction of sp³-hybridized carbons (Fsp3) is 0.412. The molecule has 0 fully saturated rings. The average Bonchev–Trinajstić information content (AvgIpc) is 2.48. The highest BCUT2D eigenvalue weighted by molar-refractivity contribution is 5.94. The third-order valence-corrected chi connectivity index (χ3v) is 3.53. The van der Waals surface area contributed by atoms with Crippen LogP contribution >= 0.6 is 0 Å². The van der Waals surface area contributed by atoms with Gasteiger partial charge in [0.1, 0.15) is 11.4 Å². The normalized spacial score (nSPS) is 12.0. The van der Waals surface area contributed by atoms with Crippen LogP contribution in [0.3, 0.4) is 0 Å². The molecule has 1 aromatic heterocycles. The van der Waals surface area contributed by atoms with E-state index in [9.17, 15) is 27.2 Å². The monoisotopic (exact) mass is 359 g/mol. The Kier molecular flexibility index (Phi) is 5.20. The molecule has 2 aromatic rings. The average molecular weight is 359 g/mol. The highest BCUT2D eigenvalue weighted by Gasteiger charge is 2.35. The number of aromatic nitrogens is 1. The maximum atomic E-state index is 13.9. The van der Waals surface area contributed by atoms with Gasteiger partial charge in [-0.15, -0.1) is 0 Å². The Labute approximate surface area is 141 Å². The van der Waals surface area contributed by atoms with Crippen molar-refractivity contribution in [2.24, 2.45) is 5.92 Å². The van der Waals surface area contributed by atoms with Crippen LogP contribution in [0, 0.1) is 11.7 Å². The number of nitrogens with zero attached hydrogens (tertiary/aromatic N) is 1. The fourth-order valence-electron chi connectivity index (χ4n) is 2.53. The molecule has 0 unspecified atom stereocenters. The standard InChI is InChI=1S/C17H17F4NO3/c1-4-25-16(24)11-8-22(7-9(2)3)14-6-12(17(19,20)21)13(18)5-10(14)15(11)23/h5-6,8-9H,4,7H2,1-3H3. The van der Waals surface area contributed by atoms with E-state index >= 15 is 0 Å². The maximum absolute atomic E-state index is 13.9. The molecule has 0 saturated carbocycles. The molecule has 0 radical (unpaired) electrons. The van der Waals surface area contributed by atoms with Gasteiger partial charge < -0.3 is 9.30 Å². The summed E-state index contributed by atoms with van der Waals surface area (Å²) in [7, 11) is 0. The van der Waals surface area contributed by atoms with E-state index in [4.69, 9.17) is 4.74 Å². The number of carbonyl (C=O) groups excluding carboxylic acids is 1. The topological polar surface area (TPSA) is 48.3 Å². The highest BCUT2D eigenvalue weighted by atomic mass is 19.4. The van der Waals surface area contributed by atoms with Gasteiger partial charge in [-0.3, -0.25) is 4.79 Å². The highest BCUT2D eigenvalue weighted by Crippen LogP contribution is 2.33. The second kappa shape index (κ2) is 6.85. The van der Waals surface area contributed by atoms with Crippen LogP contribution in [-0.4, -0.2) is 17.1 Å². The van der Waals surface area contributed by atoms with Gasteiger partial charge >= 0.3 is 12.1 Å². The Morgan fingerprint density at radius 2 is 1.92 bits per heavy atom. The number of hydrogen-bond donors (Lipinski definition) is 0. The van der Waals surface area contributed by atoms with Gasteiger partial charge in [0, 0.05) is 18.1 Å². The molecule has 0 aliphatic rings. The number of hydrogen-bond acceptors (Lipinski definition) is 3. The molecule has 0 aliphatic heterocycles. The first-order chi connectivity index (χ1) is 11.6. The molecule has 25 heavy (non-hydrogen) atoms. The lowest BCUT2D eigenvalue weighted by molar-refractivity contribution is -0.139. The summed E-state index contributed by atoms with van der Waals surface area (Å²) in [5.41, 5.74) is -2.74. The van der Waals surface area contributed by atoms with Crippen LogP contribution in [-0.2, 0) is 17.5 Å². The van der Waals surface area contributed by atoms with E-state index in [0.29, 0.717) is 12.1 Å². The van der Waals surface area contributed by atoms with E-state index in [1.165, 1.54) is 10.8 Å². The molecule has 8 heteroatoms. The van der Waals surface area contributed by atoms with Crippen LogP contribution in [0.25, 0.3) is 10.9 Å². The Hall–Kier alpha value is -2.38. The molecule has 0 aliphatic carbocycles. The van der Waals surface area contributed by atoms with Crippen LogP contribution in [0.1, 0.15) is 36.7 Å². The Bertz CT molecular complexity index is 869. The first kappa shape index (κ1) is 19.0. The summed E-state index contributed by atoms with van der Waals surface area (Å²) in [6, 6.07) is 1.13. The number of fused-ring (bicyclic) bond motifs is 1. The number of benzene rings is 1. The third-order valence-electron chi connectivity index (χ3n) is 3.53. The van der Waals surface area contributed by atoms with Crippen molar-refractivity contribution in [2.75, 3.05) is 6.61 Å². The summed E-state index contributed by atoms with van der Waals surface area (Å²) in [6.45, 7) is 5.47. The second-order valence-electron chi connectivity index (χ2n) is 5.99. The summed E-state index contributed by atoms with van der Waals surface area (Å²) >= 11 is 0. The van der Waals surface area contributed by atoms with Crippen molar-refractivity contribution in [2.45, 2.75) is 33.5 Å². The van der Waals surface area contributed by atoms with E-state index in [0.717, 1.165) is 0 Å². The Morgan fingerprint density at radius 3 is 2.44 bits per heavy atom. The molecule has 2 rings (SSSR count). The Morgan fingerprint density at radius 1 is 1.28 bits per heavy atom. The van der Waals surface area contributed by atoms with Gasteiger partial charge in [-0.2, -0.15) is 13.2 Å². The predicted molar refractivity (Wildman–Crippen MR) is 84.0 cm³/mol. The molecule has 1 heterocycles. The van der Waals surface area contributed by atoms with Crippen molar-refractivity contribution >= 4 is 16.9 Å². The molecule has 0 amide bonds. The van der Waals surface area contributed by atoms with E-state index in [1.807, 2.05) is 13.8 Å². The fourth-order valence-corrected chi connectivity index (χ4v) is 2.53. The smallest absolute Gasteiger partial charge is 0.419 e. The van der Waals surface area contributed by atoms with Gasteiger partial charge in [0.15, 0.2) is 0 Å². The lowest BCUT2D eigenvalue weighted by Gasteiger charge is -2.17. The molecular weight excluding hydrogens is 342 g/mol. The number of esters is 1. The number of rotatable bonds is 4. The van der Waals surface area contributed by atoms with Gasteiger partial charge in [0.25, 0.3) is 0 Å². The van der Waals surface area contributed by atoms with Gasteiger partial charge in [0.2, 0.25) is 5.43 Å². The molecule has 4 nitrogen and oxygen atoms in total. The molecule has 0 saturated heterocycles. The van der Waals surface area contributed by atoms with Crippen LogP contribution in [0.2, 0.25) is 0 Å². The summed E-state index contributed by atoms with van der Waals surface area (Å²) < 4.78 is 59.0. The first-order valence-electron chi connectivity index (χ1n) is 7.67. The number of alkyl halides is 3. The van der Waals surface area contributed by atoms with Crippen molar-refractivity contribution in [1.82, 2.24) is 4.57 Å². The SMILES string of the molecule is CCOC(=O)c1cn(CC(C)C)c2cc(C(F)(F)F)c(F)cc2c1=O. The van der Waals surface area contributed by atoms with E-state index in [2.05, 4.69) is 0 Å². The molecule has 136 valence electrons. The predicted octanol–water partition coefficient (Wildman–Crippen LogP) is 3.99. The number of ether oxygens (including phenoxy) is 1. The van der Waals surface area contributed by atoms with E-state index < -0.39 is 29.0 Å². The lowest BCUT2D eigenvalue weighted by atomic mass is 10.1. The van der Waals surface area contributed by atoms with Crippen LogP contribution in [0.5, 0.6) is 0 Å². The quantitative estimate of drug-likeness (QED) is 0.613. The molecule has 0 N–H and O–H groups in total. The van der Waals surface area contributed by atoms with Crippen LogP contribution in [0.4, 0.5) is 17.6 Å². The van der Waals surface area contributed by atoms with E-state index in [-0.39, 0.29) is 35.5 Å². The summed E-state index contributed by atoms with van der Waals surface area (Å²) in [4.78, 5) is 24.4. The van der Waals surface area contributed by atoms with Crippen LogP contribution in [0.15, 0.2) is 23.1 Å². The third kappa shape index (κ3) is 3.83. The minimum atomic E-state index is -4.89.